The lowest BCUT2D eigenvalue weighted by molar-refractivity contribution is -0.303. The van der Waals surface area contributed by atoms with Gasteiger partial charge in [-0.05, 0) is 68.1 Å². The highest BCUT2D eigenvalue weighted by Crippen LogP contribution is 2.61. The van der Waals surface area contributed by atoms with Gasteiger partial charge in [0.25, 0.3) is 0 Å². The molecule has 0 unspecified atom stereocenters. The minimum atomic E-state index is -0.280. The van der Waals surface area contributed by atoms with Crippen molar-refractivity contribution in [1.29, 1.82) is 0 Å². The molecule has 1 spiro atoms. The molecular weight excluding hydrogens is 308 g/mol. The normalized spacial score (nSPS) is 45.0. The van der Waals surface area contributed by atoms with E-state index in [-0.39, 0.29) is 11.2 Å². The minimum Gasteiger partial charge on any atom is -0.349 e. The fraction of sp³-hybridized carbons (Fsp3) is 0.913. The standard InChI is InChI=1S/C23H36O2/c1-21(2)14-24-23(25-15-21)12-9-17-16(13-23)6-7-19-18(17)8-11-22(3)10-4-5-20(19)22/h18-20H,4-15H2,1-3H3/t18-,19-,20+,22+/m1/s1. The molecule has 1 heterocycles. The van der Waals surface area contributed by atoms with Crippen molar-refractivity contribution in [2.24, 2.45) is 28.6 Å². The van der Waals surface area contributed by atoms with E-state index >= 15 is 0 Å². The zero-order chi connectivity index (χ0) is 17.3. The zero-order valence-electron chi connectivity index (χ0n) is 16.5. The van der Waals surface area contributed by atoms with Gasteiger partial charge in [-0.15, -0.1) is 0 Å². The lowest BCUT2D eigenvalue weighted by atomic mass is 9.54. The van der Waals surface area contributed by atoms with E-state index in [4.69, 9.17) is 9.47 Å². The van der Waals surface area contributed by atoms with Crippen LogP contribution in [-0.4, -0.2) is 19.0 Å². The van der Waals surface area contributed by atoms with Crippen LogP contribution in [0.4, 0.5) is 0 Å². The molecule has 0 radical (unpaired) electrons. The van der Waals surface area contributed by atoms with Crippen LogP contribution >= 0.6 is 0 Å². The average molecular weight is 345 g/mol. The lowest BCUT2D eigenvalue weighted by Gasteiger charge is -2.53. The van der Waals surface area contributed by atoms with Crippen LogP contribution in [0.2, 0.25) is 0 Å². The number of allylic oxidation sites excluding steroid dienone is 1. The summed E-state index contributed by atoms with van der Waals surface area (Å²) in [6.45, 7) is 8.80. The molecule has 4 atom stereocenters. The van der Waals surface area contributed by atoms with E-state index < -0.39 is 0 Å². The second-order valence-electron chi connectivity index (χ2n) is 11.0. The van der Waals surface area contributed by atoms with Crippen molar-refractivity contribution in [2.45, 2.75) is 90.8 Å². The molecule has 25 heavy (non-hydrogen) atoms. The largest absolute Gasteiger partial charge is 0.349 e. The van der Waals surface area contributed by atoms with Crippen molar-refractivity contribution in [2.75, 3.05) is 13.2 Å². The molecule has 0 amide bonds. The Kier molecular flexibility index (Phi) is 3.75. The first-order chi connectivity index (χ1) is 11.9. The molecule has 5 aliphatic rings. The fourth-order valence-corrected chi connectivity index (χ4v) is 7.17. The van der Waals surface area contributed by atoms with Crippen molar-refractivity contribution >= 4 is 0 Å². The van der Waals surface area contributed by atoms with Gasteiger partial charge in [-0.1, -0.05) is 38.3 Å². The molecule has 140 valence electrons. The number of rotatable bonds is 0. The summed E-state index contributed by atoms with van der Waals surface area (Å²) in [4.78, 5) is 0. The first-order valence-corrected chi connectivity index (χ1v) is 10.9. The maximum absolute atomic E-state index is 6.34. The molecule has 0 N–H and O–H groups in total. The van der Waals surface area contributed by atoms with Crippen LogP contribution in [0.3, 0.4) is 0 Å². The molecule has 0 aromatic heterocycles. The molecule has 2 nitrogen and oxygen atoms in total. The average Bonchev–Trinajstić information content (AvgIpc) is 2.99. The summed E-state index contributed by atoms with van der Waals surface area (Å²) >= 11 is 0. The quantitative estimate of drug-likeness (QED) is 0.512. The molecule has 1 aliphatic heterocycles. The topological polar surface area (TPSA) is 18.5 Å². The summed E-state index contributed by atoms with van der Waals surface area (Å²) in [6, 6.07) is 0. The van der Waals surface area contributed by atoms with Crippen LogP contribution in [0, 0.1) is 28.6 Å². The van der Waals surface area contributed by atoms with Crippen molar-refractivity contribution < 1.29 is 9.47 Å². The van der Waals surface area contributed by atoms with E-state index in [1.165, 1.54) is 51.4 Å². The number of hydrogen-bond acceptors (Lipinski definition) is 2. The van der Waals surface area contributed by atoms with Gasteiger partial charge in [0, 0.05) is 18.3 Å². The third-order valence-electron chi connectivity index (χ3n) is 8.61. The molecule has 0 aromatic carbocycles. The SMILES string of the molecule is CC1(C)COC2(CCC3=C(CC[C@@H]4[C@@H]3CC[C@]3(C)CCC[C@@H]43)C2)OC1. The summed E-state index contributed by atoms with van der Waals surface area (Å²) in [5.74, 6) is 2.62. The third-order valence-corrected chi connectivity index (χ3v) is 8.61. The van der Waals surface area contributed by atoms with Gasteiger partial charge in [0.15, 0.2) is 5.79 Å². The predicted molar refractivity (Wildman–Crippen MR) is 100 cm³/mol. The van der Waals surface area contributed by atoms with Crippen molar-refractivity contribution in [3.63, 3.8) is 0 Å². The van der Waals surface area contributed by atoms with Crippen LogP contribution < -0.4 is 0 Å². The number of fused-ring (bicyclic) bond motifs is 4. The Morgan fingerprint density at radius 3 is 2.48 bits per heavy atom. The summed E-state index contributed by atoms with van der Waals surface area (Å²) < 4.78 is 12.7. The van der Waals surface area contributed by atoms with Gasteiger partial charge >= 0.3 is 0 Å². The highest BCUT2D eigenvalue weighted by molar-refractivity contribution is 5.28. The molecule has 0 aromatic rings. The van der Waals surface area contributed by atoms with E-state index in [0.29, 0.717) is 5.41 Å². The second kappa shape index (κ2) is 5.58. The maximum atomic E-state index is 6.34. The zero-order valence-corrected chi connectivity index (χ0v) is 16.5. The second-order valence-corrected chi connectivity index (χ2v) is 11.0. The van der Waals surface area contributed by atoms with Gasteiger partial charge < -0.3 is 9.47 Å². The molecule has 3 fully saturated rings. The first kappa shape index (κ1) is 16.8. The highest BCUT2D eigenvalue weighted by atomic mass is 16.7. The molecule has 1 saturated heterocycles. The Morgan fingerprint density at radius 1 is 0.880 bits per heavy atom. The van der Waals surface area contributed by atoms with Gasteiger partial charge in [-0.2, -0.15) is 0 Å². The Morgan fingerprint density at radius 2 is 1.68 bits per heavy atom. The third kappa shape index (κ3) is 2.65. The lowest BCUT2D eigenvalue weighted by Crippen LogP contribution is -2.50. The number of ether oxygens (including phenoxy) is 2. The summed E-state index contributed by atoms with van der Waals surface area (Å²) in [5, 5.41) is 0. The fourth-order valence-electron chi connectivity index (χ4n) is 7.17. The molecule has 4 aliphatic carbocycles. The highest BCUT2D eigenvalue weighted by Gasteiger charge is 2.52. The van der Waals surface area contributed by atoms with E-state index in [2.05, 4.69) is 20.8 Å². The Hall–Kier alpha value is -0.340. The Labute approximate surface area is 153 Å². The number of hydrogen-bond donors (Lipinski definition) is 0. The van der Waals surface area contributed by atoms with Crippen LogP contribution in [-0.2, 0) is 9.47 Å². The van der Waals surface area contributed by atoms with Crippen molar-refractivity contribution in [1.82, 2.24) is 0 Å². The van der Waals surface area contributed by atoms with E-state index in [1.807, 2.05) is 5.57 Å². The molecular formula is C23H36O2. The molecule has 2 saturated carbocycles. The Bertz CT molecular complexity index is 579. The van der Waals surface area contributed by atoms with Gasteiger partial charge in [0.2, 0.25) is 0 Å². The van der Waals surface area contributed by atoms with Crippen molar-refractivity contribution in [3.8, 4) is 0 Å². The van der Waals surface area contributed by atoms with Crippen molar-refractivity contribution in [3.05, 3.63) is 11.1 Å². The summed E-state index contributed by atoms with van der Waals surface area (Å²) in [5.41, 5.74) is 4.44. The van der Waals surface area contributed by atoms with Gasteiger partial charge in [-0.3, -0.25) is 0 Å². The molecule has 5 rings (SSSR count). The van der Waals surface area contributed by atoms with Crippen LogP contribution in [0.5, 0.6) is 0 Å². The Balaban J connectivity index is 1.36. The predicted octanol–water partition coefficient (Wildman–Crippen LogP) is 5.86. The van der Waals surface area contributed by atoms with Gasteiger partial charge in [0.1, 0.15) is 0 Å². The van der Waals surface area contributed by atoms with Crippen LogP contribution in [0.1, 0.15) is 85.0 Å². The summed E-state index contributed by atoms with van der Waals surface area (Å²) in [7, 11) is 0. The molecule has 0 bridgehead atoms. The maximum Gasteiger partial charge on any atom is 0.172 e. The van der Waals surface area contributed by atoms with E-state index in [1.54, 1.807) is 5.57 Å². The smallest absolute Gasteiger partial charge is 0.172 e. The van der Waals surface area contributed by atoms with Gasteiger partial charge in [0.05, 0.1) is 13.2 Å². The first-order valence-electron chi connectivity index (χ1n) is 10.9. The van der Waals surface area contributed by atoms with E-state index in [9.17, 15) is 0 Å². The molecule has 2 heteroatoms. The van der Waals surface area contributed by atoms with Crippen LogP contribution in [0.15, 0.2) is 11.1 Å². The minimum absolute atomic E-state index is 0.174. The summed E-state index contributed by atoms with van der Waals surface area (Å²) in [6.07, 6.45) is 13.6. The van der Waals surface area contributed by atoms with Crippen LogP contribution in [0.25, 0.3) is 0 Å². The van der Waals surface area contributed by atoms with E-state index in [0.717, 1.165) is 43.8 Å². The monoisotopic (exact) mass is 344 g/mol. The van der Waals surface area contributed by atoms with Gasteiger partial charge in [-0.25, -0.2) is 0 Å².